The summed E-state index contributed by atoms with van der Waals surface area (Å²) in [5, 5.41) is 12.3. The van der Waals surface area contributed by atoms with E-state index < -0.39 is 0 Å². The number of phenols is 1. The van der Waals surface area contributed by atoms with Gasteiger partial charge in [-0.2, -0.15) is 0 Å². The maximum atomic E-state index is 11.6. The number of carbonyl (C=O) groups excluding carboxylic acids is 1. The first-order chi connectivity index (χ1) is 7.11. The number of methoxy groups -OCH3 is 1. The molecule has 1 aromatic rings. The van der Waals surface area contributed by atoms with Crippen molar-refractivity contribution < 1.29 is 14.6 Å². The highest BCUT2D eigenvalue weighted by atomic mass is 79.9. The van der Waals surface area contributed by atoms with Gasteiger partial charge in [0.1, 0.15) is 11.5 Å². The second-order valence-corrected chi connectivity index (χ2v) is 3.72. The molecule has 1 aromatic carbocycles. The van der Waals surface area contributed by atoms with E-state index in [1.807, 2.05) is 0 Å². The zero-order valence-electron chi connectivity index (χ0n) is 8.50. The topological polar surface area (TPSA) is 58.6 Å². The lowest BCUT2D eigenvalue weighted by Crippen LogP contribution is -2.19. The summed E-state index contributed by atoms with van der Waals surface area (Å²) in [4.78, 5) is 11.6. The van der Waals surface area contributed by atoms with Gasteiger partial charge in [-0.3, -0.25) is 4.79 Å². The Kier molecular flexibility index (Phi) is 4.11. The van der Waals surface area contributed by atoms with Crippen LogP contribution in [0.25, 0.3) is 0 Å². The molecule has 4 nitrogen and oxygen atoms in total. The molecule has 0 spiro atoms. The van der Waals surface area contributed by atoms with E-state index in [0.29, 0.717) is 10.2 Å². The maximum absolute atomic E-state index is 11.6. The quantitative estimate of drug-likeness (QED) is 0.818. The normalized spacial score (nSPS) is 10.1. The van der Waals surface area contributed by atoms with Gasteiger partial charge in [0.25, 0.3) is 0 Å². The summed E-state index contributed by atoms with van der Waals surface area (Å²) in [5.41, 5.74) is 0.240. The Bertz CT molecular complexity index is 379. The predicted octanol–water partition coefficient (Wildman–Crippen LogP) is 1.57. The molecule has 0 saturated heterocycles. The molecule has 0 radical (unpaired) electrons. The molecule has 0 atom stereocenters. The first-order valence-electron chi connectivity index (χ1n) is 4.35. The summed E-state index contributed by atoms with van der Waals surface area (Å²) in [6, 6.07) is 3.03. The lowest BCUT2D eigenvalue weighted by atomic mass is 10.1. The largest absolute Gasteiger partial charge is 0.507 e. The highest BCUT2D eigenvalue weighted by Crippen LogP contribution is 2.34. The SMILES string of the molecule is CNCC(=O)c1c(O)ccc(OC)c1Br. The number of carbonyl (C=O) groups is 1. The highest BCUT2D eigenvalue weighted by molar-refractivity contribution is 9.10. The van der Waals surface area contributed by atoms with E-state index in [2.05, 4.69) is 21.2 Å². The van der Waals surface area contributed by atoms with Crippen LogP contribution in [0.1, 0.15) is 10.4 Å². The molecule has 1 rings (SSSR count). The van der Waals surface area contributed by atoms with E-state index in [-0.39, 0.29) is 23.6 Å². The molecule has 5 heteroatoms. The highest BCUT2D eigenvalue weighted by Gasteiger charge is 2.17. The molecule has 0 aliphatic carbocycles. The van der Waals surface area contributed by atoms with Gasteiger partial charge in [-0.15, -0.1) is 0 Å². The van der Waals surface area contributed by atoms with Crippen molar-refractivity contribution in [1.29, 1.82) is 0 Å². The van der Waals surface area contributed by atoms with Gasteiger partial charge in [0.05, 0.1) is 23.7 Å². The van der Waals surface area contributed by atoms with Crippen LogP contribution in [-0.2, 0) is 0 Å². The lowest BCUT2D eigenvalue weighted by Gasteiger charge is -2.09. The van der Waals surface area contributed by atoms with E-state index in [9.17, 15) is 9.90 Å². The second kappa shape index (κ2) is 5.14. The molecule has 0 aliphatic heterocycles. The van der Waals surface area contributed by atoms with E-state index in [1.54, 1.807) is 13.1 Å². The third kappa shape index (κ3) is 2.49. The molecule has 0 aliphatic rings. The molecule has 82 valence electrons. The summed E-state index contributed by atoms with van der Waals surface area (Å²) in [7, 11) is 3.17. The van der Waals surface area contributed by atoms with Gasteiger partial charge in [0, 0.05) is 0 Å². The van der Waals surface area contributed by atoms with Crippen molar-refractivity contribution >= 4 is 21.7 Å². The predicted molar refractivity (Wildman–Crippen MR) is 60.6 cm³/mol. The summed E-state index contributed by atoms with van der Waals surface area (Å²) >= 11 is 3.23. The number of likely N-dealkylation sites (N-methyl/N-ethyl adjacent to an activating group) is 1. The molecule has 0 heterocycles. The van der Waals surface area contributed by atoms with E-state index in [0.717, 1.165) is 0 Å². The molecule has 15 heavy (non-hydrogen) atoms. The Morgan fingerprint density at radius 3 is 2.80 bits per heavy atom. The van der Waals surface area contributed by atoms with Gasteiger partial charge in [0.15, 0.2) is 5.78 Å². The Hall–Kier alpha value is -1.07. The fourth-order valence-electron chi connectivity index (χ4n) is 1.22. The number of ether oxygens (including phenoxy) is 1. The number of halogens is 1. The number of rotatable bonds is 4. The maximum Gasteiger partial charge on any atom is 0.181 e. The van der Waals surface area contributed by atoms with Crippen LogP contribution >= 0.6 is 15.9 Å². The van der Waals surface area contributed by atoms with Crippen molar-refractivity contribution in [3.8, 4) is 11.5 Å². The number of ketones is 1. The number of benzene rings is 1. The smallest absolute Gasteiger partial charge is 0.181 e. The molecule has 0 bridgehead atoms. The van der Waals surface area contributed by atoms with Crippen LogP contribution < -0.4 is 10.1 Å². The monoisotopic (exact) mass is 273 g/mol. The van der Waals surface area contributed by atoms with Crippen LogP contribution in [0.3, 0.4) is 0 Å². The lowest BCUT2D eigenvalue weighted by molar-refractivity contribution is 0.0990. The summed E-state index contributed by atoms with van der Waals surface area (Å²) in [5.74, 6) is 0.274. The first kappa shape index (κ1) is 12.0. The number of hydrogen-bond donors (Lipinski definition) is 2. The third-order valence-electron chi connectivity index (χ3n) is 1.92. The summed E-state index contributed by atoms with van der Waals surface area (Å²) in [6.45, 7) is 0.166. The zero-order valence-corrected chi connectivity index (χ0v) is 10.1. The Morgan fingerprint density at radius 1 is 1.60 bits per heavy atom. The van der Waals surface area contributed by atoms with Crippen molar-refractivity contribution in [2.24, 2.45) is 0 Å². The van der Waals surface area contributed by atoms with Gasteiger partial charge in [-0.05, 0) is 35.1 Å². The van der Waals surface area contributed by atoms with Gasteiger partial charge in [0.2, 0.25) is 0 Å². The van der Waals surface area contributed by atoms with Crippen LogP contribution in [0, 0.1) is 0 Å². The molecule has 0 fully saturated rings. The van der Waals surface area contributed by atoms with Crippen LogP contribution in [0.2, 0.25) is 0 Å². The van der Waals surface area contributed by atoms with Gasteiger partial charge in [-0.1, -0.05) is 0 Å². The molecule has 2 N–H and O–H groups in total. The molecule has 0 amide bonds. The minimum atomic E-state index is -0.194. The third-order valence-corrected chi connectivity index (χ3v) is 2.71. The van der Waals surface area contributed by atoms with Crippen LogP contribution in [0.5, 0.6) is 11.5 Å². The van der Waals surface area contributed by atoms with Crippen LogP contribution in [-0.4, -0.2) is 31.6 Å². The van der Waals surface area contributed by atoms with Gasteiger partial charge in [-0.25, -0.2) is 0 Å². The average Bonchev–Trinajstić information content (AvgIpc) is 2.18. The van der Waals surface area contributed by atoms with Crippen molar-refractivity contribution in [3.63, 3.8) is 0 Å². The van der Waals surface area contributed by atoms with Gasteiger partial charge < -0.3 is 15.2 Å². The summed E-state index contributed by atoms with van der Waals surface area (Å²) in [6.07, 6.45) is 0. The Morgan fingerprint density at radius 2 is 2.27 bits per heavy atom. The molecule has 0 saturated carbocycles. The van der Waals surface area contributed by atoms with Crippen LogP contribution in [0.15, 0.2) is 16.6 Å². The van der Waals surface area contributed by atoms with Crippen molar-refractivity contribution in [3.05, 3.63) is 22.2 Å². The molecule has 0 unspecified atom stereocenters. The minimum absolute atomic E-state index is 0.0528. The van der Waals surface area contributed by atoms with E-state index >= 15 is 0 Å². The summed E-state index contributed by atoms with van der Waals surface area (Å²) < 4.78 is 5.52. The Balaban J connectivity index is 3.20. The van der Waals surface area contributed by atoms with Crippen LogP contribution in [0.4, 0.5) is 0 Å². The number of Topliss-reactive ketones (excluding diaryl/α,β-unsaturated/α-hetero) is 1. The number of hydrogen-bond acceptors (Lipinski definition) is 4. The number of nitrogens with one attached hydrogen (secondary N) is 1. The number of phenolic OH excluding ortho intramolecular Hbond substituents is 1. The van der Waals surface area contributed by atoms with E-state index in [4.69, 9.17) is 4.74 Å². The fourth-order valence-corrected chi connectivity index (χ4v) is 1.94. The number of aromatic hydroxyl groups is 1. The van der Waals surface area contributed by atoms with Crippen molar-refractivity contribution in [2.45, 2.75) is 0 Å². The van der Waals surface area contributed by atoms with Crippen molar-refractivity contribution in [1.82, 2.24) is 5.32 Å². The minimum Gasteiger partial charge on any atom is -0.507 e. The Labute approximate surface area is 96.4 Å². The average molecular weight is 274 g/mol. The second-order valence-electron chi connectivity index (χ2n) is 2.93. The standard InChI is InChI=1S/C10H12BrNO3/c1-12-5-7(14)9-6(13)3-4-8(15-2)10(9)11/h3-4,12-13H,5H2,1-2H3. The first-order valence-corrected chi connectivity index (χ1v) is 5.14. The molecular weight excluding hydrogens is 262 g/mol. The van der Waals surface area contributed by atoms with Crippen molar-refractivity contribution in [2.75, 3.05) is 20.7 Å². The zero-order chi connectivity index (χ0) is 11.4. The van der Waals surface area contributed by atoms with E-state index in [1.165, 1.54) is 13.2 Å². The van der Waals surface area contributed by atoms with Gasteiger partial charge >= 0.3 is 0 Å². The molecular formula is C10H12BrNO3. The fraction of sp³-hybridized carbons (Fsp3) is 0.300. The molecule has 0 aromatic heterocycles.